The molecule has 0 heterocycles. The standard InChI is InChI=1S/C13H19FN2O2S/c1-2-3-10-7-12(10)16-19(17,18)13-5-4-9(8-15)6-11(13)14/h4-6,10,12,16H,2-3,7-8,15H2,1H3. The van der Waals surface area contributed by atoms with Gasteiger partial charge in [-0.2, -0.15) is 0 Å². The average Bonchev–Trinajstić information content (AvgIpc) is 3.06. The Morgan fingerprint density at radius 2 is 2.21 bits per heavy atom. The molecule has 2 unspecified atom stereocenters. The molecule has 6 heteroatoms. The number of nitrogens with two attached hydrogens (primary N) is 1. The zero-order valence-corrected chi connectivity index (χ0v) is 11.7. The summed E-state index contributed by atoms with van der Waals surface area (Å²) in [5.41, 5.74) is 5.96. The second-order valence-corrected chi connectivity index (χ2v) is 6.66. The molecule has 0 aromatic heterocycles. The molecule has 19 heavy (non-hydrogen) atoms. The van der Waals surface area contributed by atoms with Gasteiger partial charge in [-0.3, -0.25) is 0 Å². The summed E-state index contributed by atoms with van der Waals surface area (Å²) in [4.78, 5) is -0.299. The molecule has 106 valence electrons. The van der Waals surface area contributed by atoms with Crippen molar-refractivity contribution in [2.45, 2.75) is 43.7 Å². The van der Waals surface area contributed by atoms with Crippen LogP contribution in [0.5, 0.6) is 0 Å². The molecule has 1 aromatic carbocycles. The molecular weight excluding hydrogens is 267 g/mol. The van der Waals surface area contributed by atoms with Gasteiger partial charge in [-0.15, -0.1) is 0 Å². The predicted molar refractivity (Wildman–Crippen MR) is 71.4 cm³/mol. The quantitative estimate of drug-likeness (QED) is 0.837. The van der Waals surface area contributed by atoms with Crippen molar-refractivity contribution >= 4 is 10.0 Å². The van der Waals surface area contributed by atoms with Gasteiger partial charge in [0.25, 0.3) is 0 Å². The van der Waals surface area contributed by atoms with Crippen molar-refractivity contribution < 1.29 is 12.8 Å². The molecule has 1 aromatic rings. The van der Waals surface area contributed by atoms with Crippen molar-refractivity contribution in [1.82, 2.24) is 4.72 Å². The van der Waals surface area contributed by atoms with Crippen molar-refractivity contribution in [2.75, 3.05) is 0 Å². The number of hydrogen-bond acceptors (Lipinski definition) is 3. The maximum Gasteiger partial charge on any atom is 0.243 e. The zero-order chi connectivity index (χ0) is 14.0. The first-order chi connectivity index (χ1) is 8.97. The van der Waals surface area contributed by atoms with Gasteiger partial charge in [0, 0.05) is 12.6 Å². The van der Waals surface area contributed by atoms with Crippen LogP contribution >= 0.6 is 0 Å². The van der Waals surface area contributed by atoms with E-state index >= 15 is 0 Å². The molecule has 1 fully saturated rings. The van der Waals surface area contributed by atoms with E-state index in [9.17, 15) is 12.8 Å². The van der Waals surface area contributed by atoms with Crippen LogP contribution in [0.15, 0.2) is 23.1 Å². The molecule has 3 N–H and O–H groups in total. The number of halogens is 1. The van der Waals surface area contributed by atoms with Crippen LogP contribution < -0.4 is 10.5 Å². The number of nitrogens with one attached hydrogen (secondary N) is 1. The summed E-state index contributed by atoms with van der Waals surface area (Å²) in [5.74, 6) is -0.353. The van der Waals surface area contributed by atoms with Crippen LogP contribution in [0.2, 0.25) is 0 Å². The maximum atomic E-state index is 13.8. The Labute approximate surface area is 113 Å². The van der Waals surface area contributed by atoms with Crippen molar-refractivity contribution in [3.05, 3.63) is 29.6 Å². The smallest absolute Gasteiger partial charge is 0.243 e. The molecule has 2 rings (SSSR count). The summed E-state index contributed by atoms with van der Waals surface area (Å²) in [6.45, 7) is 2.25. The van der Waals surface area contributed by atoms with E-state index in [4.69, 9.17) is 5.73 Å². The Balaban J connectivity index is 2.12. The Morgan fingerprint density at radius 1 is 1.47 bits per heavy atom. The molecule has 0 bridgehead atoms. The van der Waals surface area contributed by atoms with E-state index in [0.29, 0.717) is 11.5 Å². The summed E-state index contributed by atoms with van der Waals surface area (Å²) in [5, 5.41) is 0. The third kappa shape index (κ3) is 3.32. The van der Waals surface area contributed by atoms with E-state index in [-0.39, 0.29) is 17.5 Å². The van der Waals surface area contributed by atoms with Gasteiger partial charge in [-0.25, -0.2) is 17.5 Å². The predicted octanol–water partition coefficient (Wildman–Crippen LogP) is 1.75. The van der Waals surface area contributed by atoms with E-state index in [1.165, 1.54) is 18.2 Å². The van der Waals surface area contributed by atoms with E-state index < -0.39 is 15.8 Å². The van der Waals surface area contributed by atoms with Crippen LogP contribution in [-0.2, 0) is 16.6 Å². The van der Waals surface area contributed by atoms with Crippen LogP contribution in [0.3, 0.4) is 0 Å². The van der Waals surface area contributed by atoms with Crippen molar-refractivity contribution in [2.24, 2.45) is 11.7 Å². The molecule has 1 saturated carbocycles. The van der Waals surface area contributed by atoms with Crippen LogP contribution in [0.25, 0.3) is 0 Å². The summed E-state index contributed by atoms with van der Waals surface area (Å²) < 4.78 is 40.5. The number of hydrogen-bond donors (Lipinski definition) is 2. The Kier molecular flexibility index (Phi) is 4.23. The lowest BCUT2D eigenvalue weighted by Crippen LogP contribution is -2.28. The van der Waals surface area contributed by atoms with E-state index in [1.807, 2.05) is 0 Å². The Morgan fingerprint density at radius 3 is 2.79 bits per heavy atom. The number of benzene rings is 1. The molecule has 0 radical (unpaired) electrons. The molecule has 1 aliphatic carbocycles. The van der Waals surface area contributed by atoms with Crippen LogP contribution in [-0.4, -0.2) is 14.5 Å². The highest BCUT2D eigenvalue weighted by Gasteiger charge is 2.39. The molecule has 2 atom stereocenters. The summed E-state index contributed by atoms with van der Waals surface area (Å²) >= 11 is 0. The minimum Gasteiger partial charge on any atom is -0.326 e. The highest BCUT2D eigenvalue weighted by Crippen LogP contribution is 2.35. The molecule has 0 aliphatic heterocycles. The Hall–Kier alpha value is -0.980. The molecular formula is C13H19FN2O2S. The van der Waals surface area contributed by atoms with Gasteiger partial charge < -0.3 is 5.73 Å². The van der Waals surface area contributed by atoms with Gasteiger partial charge in [-0.05, 0) is 36.5 Å². The lowest BCUT2D eigenvalue weighted by atomic mass is 10.2. The van der Waals surface area contributed by atoms with Crippen LogP contribution in [0.1, 0.15) is 31.7 Å². The highest BCUT2D eigenvalue weighted by atomic mass is 32.2. The minimum atomic E-state index is -3.77. The van der Waals surface area contributed by atoms with Crippen LogP contribution in [0, 0.1) is 11.7 Å². The fourth-order valence-corrected chi connectivity index (χ4v) is 3.61. The highest BCUT2D eigenvalue weighted by molar-refractivity contribution is 7.89. The zero-order valence-electron chi connectivity index (χ0n) is 10.9. The SMILES string of the molecule is CCCC1CC1NS(=O)(=O)c1ccc(CN)cc1F. The first kappa shape index (κ1) is 14.4. The molecule has 1 aliphatic rings. The number of rotatable bonds is 6. The molecule has 0 amide bonds. The minimum absolute atomic E-state index is 0.0430. The topological polar surface area (TPSA) is 72.2 Å². The molecule has 4 nitrogen and oxygen atoms in total. The summed E-state index contributed by atoms with van der Waals surface area (Å²) in [6, 6.07) is 3.94. The summed E-state index contributed by atoms with van der Waals surface area (Å²) in [6.07, 6.45) is 2.87. The lowest BCUT2D eigenvalue weighted by molar-refractivity contribution is 0.551. The van der Waals surface area contributed by atoms with E-state index in [0.717, 1.165) is 19.3 Å². The molecule has 0 spiro atoms. The van der Waals surface area contributed by atoms with Gasteiger partial charge in [0.1, 0.15) is 10.7 Å². The monoisotopic (exact) mass is 286 g/mol. The normalized spacial score (nSPS) is 22.5. The first-order valence-corrected chi connectivity index (χ1v) is 7.97. The second kappa shape index (κ2) is 5.56. The maximum absolute atomic E-state index is 13.8. The average molecular weight is 286 g/mol. The first-order valence-electron chi connectivity index (χ1n) is 6.48. The Bertz CT molecular complexity index is 560. The van der Waals surface area contributed by atoms with E-state index in [2.05, 4.69) is 11.6 Å². The largest absolute Gasteiger partial charge is 0.326 e. The number of sulfonamides is 1. The summed E-state index contributed by atoms with van der Waals surface area (Å²) in [7, 11) is -3.77. The van der Waals surface area contributed by atoms with Crippen molar-refractivity contribution in [3.8, 4) is 0 Å². The lowest BCUT2D eigenvalue weighted by Gasteiger charge is -2.08. The van der Waals surface area contributed by atoms with Gasteiger partial charge >= 0.3 is 0 Å². The van der Waals surface area contributed by atoms with Crippen molar-refractivity contribution in [3.63, 3.8) is 0 Å². The third-order valence-corrected chi connectivity index (χ3v) is 4.93. The second-order valence-electron chi connectivity index (χ2n) is 4.98. The van der Waals surface area contributed by atoms with Gasteiger partial charge in [0.15, 0.2) is 0 Å². The fourth-order valence-electron chi connectivity index (χ4n) is 2.23. The van der Waals surface area contributed by atoms with Gasteiger partial charge in [0.05, 0.1) is 0 Å². The van der Waals surface area contributed by atoms with Gasteiger partial charge in [0.2, 0.25) is 10.0 Å². The van der Waals surface area contributed by atoms with E-state index in [1.54, 1.807) is 0 Å². The molecule has 0 saturated heterocycles. The van der Waals surface area contributed by atoms with Crippen LogP contribution in [0.4, 0.5) is 4.39 Å². The third-order valence-electron chi connectivity index (χ3n) is 3.41. The van der Waals surface area contributed by atoms with Gasteiger partial charge in [-0.1, -0.05) is 19.4 Å². The van der Waals surface area contributed by atoms with Crippen molar-refractivity contribution in [1.29, 1.82) is 0 Å². The fraction of sp³-hybridized carbons (Fsp3) is 0.538.